The maximum Gasteiger partial charge on any atom is 0.324 e. The number of nitriles is 1. The first-order valence-corrected chi connectivity index (χ1v) is 6.45. The fourth-order valence-electron chi connectivity index (χ4n) is 1.39. The summed E-state index contributed by atoms with van der Waals surface area (Å²) in [5.41, 5.74) is 1.05. The maximum atomic E-state index is 11.7. The molecule has 2 N–H and O–H groups in total. The molecular formula is C13H9IN4O. The van der Waals surface area contributed by atoms with E-state index in [1.807, 2.05) is 12.1 Å². The fourth-order valence-corrected chi connectivity index (χ4v) is 1.71. The summed E-state index contributed by atoms with van der Waals surface area (Å²) in [7, 11) is 0. The van der Waals surface area contributed by atoms with E-state index in [1.165, 1.54) is 0 Å². The summed E-state index contributed by atoms with van der Waals surface area (Å²) in [6, 6.07) is 11.9. The second-order valence-electron chi connectivity index (χ2n) is 3.63. The lowest BCUT2D eigenvalue weighted by molar-refractivity contribution is 0.262. The van der Waals surface area contributed by atoms with E-state index in [0.29, 0.717) is 17.1 Å². The van der Waals surface area contributed by atoms with Crippen molar-refractivity contribution in [2.75, 3.05) is 10.6 Å². The van der Waals surface area contributed by atoms with Gasteiger partial charge in [-0.15, -0.1) is 0 Å². The highest BCUT2D eigenvalue weighted by molar-refractivity contribution is 14.1. The minimum absolute atomic E-state index is 0.399. The van der Waals surface area contributed by atoms with Crippen LogP contribution in [-0.4, -0.2) is 11.0 Å². The van der Waals surface area contributed by atoms with Gasteiger partial charge in [0.15, 0.2) is 0 Å². The predicted octanol–water partition coefficient (Wildman–Crippen LogP) is 3.20. The van der Waals surface area contributed by atoms with Crippen molar-refractivity contribution in [2.24, 2.45) is 0 Å². The number of nitrogens with zero attached hydrogens (tertiary/aromatic N) is 2. The van der Waals surface area contributed by atoms with Crippen LogP contribution >= 0.6 is 22.6 Å². The van der Waals surface area contributed by atoms with Crippen LogP contribution in [0.5, 0.6) is 0 Å². The lowest BCUT2D eigenvalue weighted by Crippen LogP contribution is -2.20. The maximum absolute atomic E-state index is 11.7. The Hall–Kier alpha value is -2.14. The summed E-state index contributed by atoms with van der Waals surface area (Å²) in [6.45, 7) is 0. The van der Waals surface area contributed by atoms with E-state index < -0.39 is 6.03 Å². The highest BCUT2D eigenvalue weighted by Crippen LogP contribution is 2.11. The first kappa shape index (κ1) is 13.3. The quantitative estimate of drug-likeness (QED) is 0.804. The van der Waals surface area contributed by atoms with Crippen molar-refractivity contribution in [1.82, 2.24) is 4.98 Å². The molecule has 2 rings (SSSR count). The number of pyridine rings is 1. The van der Waals surface area contributed by atoms with E-state index in [0.717, 1.165) is 3.57 Å². The number of amides is 2. The Morgan fingerprint density at radius 3 is 2.79 bits per heavy atom. The number of carbonyl (C=O) groups excluding carboxylic acids is 1. The van der Waals surface area contributed by atoms with Crippen molar-refractivity contribution in [2.45, 2.75) is 0 Å². The first-order chi connectivity index (χ1) is 9.17. The number of rotatable bonds is 2. The Bertz CT molecular complexity index is 634. The minimum Gasteiger partial charge on any atom is -0.308 e. The summed E-state index contributed by atoms with van der Waals surface area (Å²) in [4.78, 5) is 15.8. The van der Waals surface area contributed by atoms with E-state index >= 15 is 0 Å². The van der Waals surface area contributed by atoms with Gasteiger partial charge in [0.1, 0.15) is 5.82 Å². The zero-order valence-corrected chi connectivity index (χ0v) is 11.9. The van der Waals surface area contributed by atoms with Gasteiger partial charge in [-0.05, 0) is 52.9 Å². The predicted molar refractivity (Wildman–Crippen MR) is 80.8 cm³/mol. The van der Waals surface area contributed by atoms with Crippen LogP contribution in [0.1, 0.15) is 5.56 Å². The number of nitrogens with one attached hydrogen (secondary N) is 2. The number of carbonyl (C=O) groups is 1. The monoisotopic (exact) mass is 364 g/mol. The number of hydrogen-bond acceptors (Lipinski definition) is 3. The summed E-state index contributed by atoms with van der Waals surface area (Å²) in [5, 5.41) is 14.0. The molecule has 0 saturated heterocycles. The molecule has 0 fully saturated rings. The standard InChI is InChI=1S/C13H9IN4O/c14-10-4-5-12(16-8-10)18-13(19)17-11-3-1-2-9(6-11)7-15/h1-6,8H,(H2,16,17,18,19). The molecule has 5 nitrogen and oxygen atoms in total. The molecule has 0 unspecified atom stereocenters. The number of hydrogen-bond donors (Lipinski definition) is 2. The first-order valence-electron chi connectivity index (χ1n) is 5.37. The lowest BCUT2D eigenvalue weighted by atomic mass is 10.2. The number of halogens is 1. The highest BCUT2D eigenvalue weighted by atomic mass is 127. The third kappa shape index (κ3) is 3.93. The Labute approximate surface area is 123 Å². The van der Waals surface area contributed by atoms with Gasteiger partial charge in [-0.1, -0.05) is 6.07 Å². The second-order valence-corrected chi connectivity index (χ2v) is 4.88. The van der Waals surface area contributed by atoms with Crippen molar-refractivity contribution >= 4 is 40.1 Å². The van der Waals surface area contributed by atoms with Gasteiger partial charge in [0.25, 0.3) is 0 Å². The van der Waals surface area contributed by atoms with Crippen molar-refractivity contribution in [3.05, 3.63) is 51.7 Å². The molecule has 2 aromatic rings. The SMILES string of the molecule is N#Cc1cccc(NC(=O)Nc2ccc(I)cn2)c1. The van der Waals surface area contributed by atoms with Gasteiger partial charge in [-0.3, -0.25) is 5.32 Å². The molecule has 0 bridgehead atoms. The highest BCUT2D eigenvalue weighted by Gasteiger charge is 2.03. The Balaban J connectivity index is 2.01. The third-order valence-electron chi connectivity index (χ3n) is 2.22. The minimum atomic E-state index is -0.399. The van der Waals surface area contributed by atoms with Gasteiger partial charge in [0, 0.05) is 15.5 Å². The van der Waals surface area contributed by atoms with Gasteiger partial charge >= 0.3 is 6.03 Å². The number of urea groups is 1. The number of anilines is 2. The Kier molecular flexibility index (Phi) is 4.30. The van der Waals surface area contributed by atoms with Crippen LogP contribution < -0.4 is 10.6 Å². The Morgan fingerprint density at radius 1 is 1.26 bits per heavy atom. The average molecular weight is 364 g/mol. The summed E-state index contributed by atoms with van der Waals surface area (Å²) in [6.07, 6.45) is 1.66. The van der Waals surface area contributed by atoms with Crippen LogP contribution in [0, 0.1) is 14.9 Å². The van der Waals surface area contributed by atoms with Crippen LogP contribution in [0.4, 0.5) is 16.3 Å². The molecule has 0 saturated carbocycles. The van der Waals surface area contributed by atoms with Crippen molar-refractivity contribution in [3.63, 3.8) is 0 Å². The molecule has 6 heteroatoms. The topological polar surface area (TPSA) is 77.8 Å². The molecule has 0 radical (unpaired) electrons. The molecule has 0 aliphatic carbocycles. The molecular weight excluding hydrogens is 355 g/mol. The normalized spacial score (nSPS) is 9.47. The molecule has 0 aliphatic heterocycles. The molecule has 19 heavy (non-hydrogen) atoms. The van der Waals surface area contributed by atoms with Crippen molar-refractivity contribution in [1.29, 1.82) is 5.26 Å². The van der Waals surface area contributed by atoms with Gasteiger partial charge in [-0.2, -0.15) is 5.26 Å². The summed E-state index contributed by atoms with van der Waals surface area (Å²) in [5.74, 6) is 0.467. The average Bonchev–Trinajstić information content (AvgIpc) is 2.41. The second kappa shape index (κ2) is 6.15. The number of benzene rings is 1. The van der Waals surface area contributed by atoms with E-state index in [9.17, 15) is 4.79 Å². The summed E-state index contributed by atoms with van der Waals surface area (Å²) >= 11 is 2.14. The van der Waals surface area contributed by atoms with Gasteiger partial charge in [0.2, 0.25) is 0 Å². The number of aromatic nitrogens is 1. The molecule has 0 spiro atoms. The zero-order valence-electron chi connectivity index (χ0n) is 9.72. The largest absolute Gasteiger partial charge is 0.324 e. The van der Waals surface area contributed by atoms with E-state index in [-0.39, 0.29) is 0 Å². The molecule has 1 aromatic carbocycles. The summed E-state index contributed by atoms with van der Waals surface area (Å²) < 4.78 is 0.991. The van der Waals surface area contributed by atoms with Crippen LogP contribution in [0.2, 0.25) is 0 Å². The molecule has 1 aromatic heterocycles. The smallest absolute Gasteiger partial charge is 0.308 e. The molecule has 2 amide bonds. The molecule has 94 valence electrons. The van der Waals surface area contributed by atoms with E-state index in [4.69, 9.17) is 5.26 Å². The molecule has 1 heterocycles. The van der Waals surface area contributed by atoms with Gasteiger partial charge in [-0.25, -0.2) is 9.78 Å². The van der Waals surface area contributed by atoms with Crippen LogP contribution in [-0.2, 0) is 0 Å². The van der Waals surface area contributed by atoms with Crippen LogP contribution in [0.3, 0.4) is 0 Å². The fraction of sp³-hybridized carbons (Fsp3) is 0. The van der Waals surface area contributed by atoms with Crippen LogP contribution in [0.25, 0.3) is 0 Å². The van der Waals surface area contributed by atoms with Crippen LogP contribution in [0.15, 0.2) is 42.6 Å². The van der Waals surface area contributed by atoms with Gasteiger partial charge < -0.3 is 5.32 Å². The lowest BCUT2D eigenvalue weighted by Gasteiger charge is -2.07. The van der Waals surface area contributed by atoms with Crippen molar-refractivity contribution in [3.8, 4) is 6.07 Å². The third-order valence-corrected chi connectivity index (χ3v) is 2.86. The zero-order chi connectivity index (χ0) is 13.7. The molecule has 0 atom stereocenters. The van der Waals surface area contributed by atoms with Crippen molar-refractivity contribution < 1.29 is 4.79 Å². The van der Waals surface area contributed by atoms with E-state index in [1.54, 1.807) is 36.5 Å². The van der Waals surface area contributed by atoms with Gasteiger partial charge in [0.05, 0.1) is 11.6 Å². The molecule has 0 aliphatic rings. The van der Waals surface area contributed by atoms with E-state index in [2.05, 4.69) is 38.2 Å². The Morgan fingerprint density at radius 2 is 2.11 bits per heavy atom.